The van der Waals surface area contributed by atoms with Crippen molar-refractivity contribution in [3.8, 4) is 6.07 Å². The third-order valence-electron chi connectivity index (χ3n) is 2.50. The Kier molecular flexibility index (Phi) is 7.30. The van der Waals surface area contributed by atoms with Crippen LogP contribution in [-0.4, -0.2) is 44.7 Å². The first-order chi connectivity index (χ1) is 7.47. The van der Waals surface area contributed by atoms with E-state index in [4.69, 9.17) is 5.26 Å². The summed E-state index contributed by atoms with van der Waals surface area (Å²) in [6.07, 6.45) is 0.763. The van der Waals surface area contributed by atoms with Crippen LogP contribution in [-0.2, 0) is 10.0 Å². The Bertz CT molecular complexity index is 317. The molecule has 0 saturated heterocycles. The minimum absolute atomic E-state index is 0.394. The van der Waals surface area contributed by atoms with E-state index < -0.39 is 15.3 Å². The highest BCUT2D eigenvalue weighted by atomic mass is 32.2. The second-order valence-corrected chi connectivity index (χ2v) is 5.68. The normalized spacial score (nSPS) is 13.7. The molecule has 0 aliphatic carbocycles. The summed E-state index contributed by atoms with van der Waals surface area (Å²) in [5.41, 5.74) is 0. The number of sulfonamides is 1. The maximum absolute atomic E-state index is 11.4. The Balaban J connectivity index is 3.88. The molecule has 1 N–H and O–H groups in total. The molecule has 94 valence electrons. The lowest BCUT2D eigenvalue weighted by Gasteiger charge is -2.17. The first-order valence-corrected chi connectivity index (χ1v) is 7.13. The molecule has 16 heavy (non-hydrogen) atoms. The highest BCUT2D eigenvalue weighted by Gasteiger charge is 2.18. The third-order valence-corrected chi connectivity index (χ3v) is 4.14. The van der Waals surface area contributed by atoms with E-state index >= 15 is 0 Å². The number of nitrogens with one attached hydrogen (secondary N) is 1. The van der Waals surface area contributed by atoms with Crippen molar-refractivity contribution in [1.82, 2.24) is 9.62 Å². The van der Waals surface area contributed by atoms with Gasteiger partial charge in [0.25, 0.3) is 0 Å². The summed E-state index contributed by atoms with van der Waals surface area (Å²) in [6.45, 7) is 8.74. The van der Waals surface area contributed by atoms with Crippen molar-refractivity contribution in [1.29, 1.82) is 5.26 Å². The van der Waals surface area contributed by atoms with E-state index in [-0.39, 0.29) is 0 Å². The van der Waals surface area contributed by atoms with Crippen LogP contribution in [0.2, 0.25) is 0 Å². The second kappa shape index (κ2) is 7.60. The fourth-order valence-corrected chi connectivity index (χ4v) is 2.07. The van der Waals surface area contributed by atoms with Gasteiger partial charge in [0.15, 0.2) is 5.25 Å². The van der Waals surface area contributed by atoms with Gasteiger partial charge in [-0.15, -0.1) is 0 Å². The van der Waals surface area contributed by atoms with Gasteiger partial charge in [0.05, 0.1) is 6.07 Å². The molecule has 0 aliphatic heterocycles. The average molecular weight is 247 g/mol. The molecular weight excluding hydrogens is 226 g/mol. The van der Waals surface area contributed by atoms with E-state index in [1.54, 1.807) is 6.07 Å². The number of rotatable bonds is 8. The molecule has 0 radical (unpaired) electrons. The molecule has 0 saturated carbocycles. The van der Waals surface area contributed by atoms with Gasteiger partial charge < -0.3 is 4.90 Å². The molecule has 1 atom stereocenters. The Morgan fingerprint density at radius 1 is 1.38 bits per heavy atom. The largest absolute Gasteiger partial charge is 0.304 e. The van der Waals surface area contributed by atoms with E-state index in [0.717, 1.165) is 26.1 Å². The first-order valence-electron chi connectivity index (χ1n) is 5.58. The summed E-state index contributed by atoms with van der Waals surface area (Å²) in [6, 6.07) is 1.72. The van der Waals surface area contributed by atoms with Gasteiger partial charge in [0, 0.05) is 6.54 Å². The van der Waals surface area contributed by atoms with Crippen molar-refractivity contribution in [2.75, 3.05) is 26.2 Å². The molecule has 0 aromatic heterocycles. The molecule has 0 fully saturated rings. The Labute approximate surface area is 98.5 Å². The van der Waals surface area contributed by atoms with Crippen LogP contribution >= 0.6 is 0 Å². The SMILES string of the molecule is CCN(CC)CCCNS(=O)(=O)C(C)C#N. The van der Waals surface area contributed by atoms with E-state index in [1.807, 2.05) is 0 Å². The van der Waals surface area contributed by atoms with Gasteiger partial charge in [0.1, 0.15) is 0 Å². The monoisotopic (exact) mass is 247 g/mol. The van der Waals surface area contributed by atoms with Gasteiger partial charge in [-0.05, 0) is 33.0 Å². The van der Waals surface area contributed by atoms with Crippen LogP contribution in [0.5, 0.6) is 0 Å². The zero-order valence-corrected chi connectivity index (χ0v) is 11.0. The summed E-state index contributed by atoms with van der Waals surface area (Å²) in [4.78, 5) is 2.22. The van der Waals surface area contributed by atoms with Crippen molar-refractivity contribution in [2.24, 2.45) is 0 Å². The van der Waals surface area contributed by atoms with Crippen LogP contribution in [0.15, 0.2) is 0 Å². The average Bonchev–Trinajstić information content (AvgIpc) is 2.28. The highest BCUT2D eigenvalue weighted by Crippen LogP contribution is 1.96. The fourth-order valence-electron chi connectivity index (χ4n) is 1.25. The minimum Gasteiger partial charge on any atom is -0.304 e. The quantitative estimate of drug-likeness (QED) is 0.636. The number of nitriles is 1. The Morgan fingerprint density at radius 2 is 1.94 bits per heavy atom. The first kappa shape index (κ1) is 15.4. The van der Waals surface area contributed by atoms with Crippen molar-refractivity contribution in [3.05, 3.63) is 0 Å². The molecule has 0 spiro atoms. The summed E-state index contributed by atoms with van der Waals surface area (Å²) >= 11 is 0. The molecule has 6 heteroatoms. The van der Waals surface area contributed by atoms with Gasteiger partial charge in [-0.2, -0.15) is 5.26 Å². The lowest BCUT2D eigenvalue weighted by Crippen LogP contribution is -2.34. The van der Waals surface area contributed by atoms with Crippen LogP contribution in [0.3, 0.4) is 0 Å². The molecule has 0 aromatic carbocycles. The van der Waals surface area contributed by atoms with E-state index in [1.165, 1.54) is 6.92 Å². The van der Waals surface area contributed by atoms with Crippen LogP contribution in [0, 0.1) is 11.3 Å². The van der Waals surface area contributed by atoms with Crippen molar-refractivity contribution in [2.45, 2.75) is 32.4 Å². The van der Waals surface area contributed by atoms with Crippen LogP contribution < -0.4 is 4.72 Å². The predicted molar refractivity (Wildman–Crippen MR) is 64.4 cm³/mol. The number of hydrogen-bond donors (Lipinski definition) is 1. The molecule has 0 aromatic rings. The van der Waals surface area contributed by atoms with Crippen LogP contribution in [0.1, 0.15) is 27.2 Å². The number of nitrogens with zero attached hydrogens (tertiary/aromatic N) is 2. The molecule has 0 bridgehead atoms. The zero-order valence-electron chi connectivity index (χ0n) is 10.2. The topological polar surface area (TPSA) is 73.2 Å². The lowest BCUT2D eigenvalue weighted by molar-refractivity contribution is 0.300. The summed E-state index contributed by atoms with van der Waals surface area (Å²) < 4.78 is 25.2. The van der Waals surface area contributed by atoms with Crippen molar-refractivity contribution >= 4 is 10.0 Å². The molecule has 5 nitrogen and oxygen atoms in total. The number of hydrogen-bond acceptors (Lipinski definition) is 4. The summed E-state index contributed by atoms with van der Waals surface area (Å²) in [5.74, 6) is 0. The minimum atomic E-state index is -3.45. The van der Waals surface area contributed by atoms with E-state index in [2.05, 4.69) is 23.5 Å². The summed E-state index contributed by atoms with van der Waals surface area (Å²) in [5, 5.41) is 7.53. The van der Waals surface area contributed by atoms with Crippen LogP contribution in [0.4, 0.5) is 0 Å². The van der Waals surface area contributed by atoms with Crippen LogP contribution in [0.25, 0.3) is 0 Å². The van der Waals surface area contributed by atoms with Gasteiger partial charge in [-0.1, -0.05) is 13.8 Å². The lowest BCUT2D eigenvalue weighted by atomic mass is 10.4. The van der Waals surface area contributed by atoms with Crippen molar-refractivity contribution in [3.63, 3.8) is 0 Å². The highest BCUT2D eigenvalue weighted by molar-refractivity contribution is 7.90. The van der Waals surface area contributed by atoms with E-state index in [0.29, 0.717) is 6.54 Å². The zero-order chi connectivity index (χ0) is 12.6. The van der Waals surface area contributed by atoms with Gasteiger partial charge in [-0.3, -0.25) is 0 Å². The third kappa shape index (κ3) is 5.45. The molecule has 0 rings (SSSR count). The fraction of sp³-hybridized carbons (Fsp3) is 0.900. The maximum Gasteiger partial charge on any atom is 0.227 e. The summed E-state index contributed by atoms with van der Waals surface area (Å²) in [7, 11) is -3.45. The van der Waals surface area contributed by atoms with Crippen molar-refractivity contribution < 1.29 is 8.42 Å². The Hall–Kier alpha value is -0.640. The van der Waals surface area contributed by atoms with Gasteiger partial charge in [-0.25, -0.2) is 13.1 Å². The molecule has 0 aliphatic rings. The predicted octanol–water partition coefficient (Wildman–Crippen LogP) is 0.550. The van der Waals surface area contributed by atoms with Gasteiger partial charge >= 0.3 is 0 Å². The molecule has 1 unspecified atom stereocenters. The second-order valence-electron chi connectivity index (χ2n) is 3.59. The van der Waals surface area contributed by atoms with Gasteiger partial charge in [0.2, 0.25) is 10.0 Å². The smallest absolute Gasteiger partial charge is 0.227 e. The standard InChI is InChI=1S/C10H21N3O2S/c1-4-13(5-2)8-6-7-12-16(14,15)10(3)9-11/h10,12H,4-8H2,1-3H3. The molecular formula is C10H21N3O2S. The molecule has 0 amide bonds. The molecule has 0 heterocycles. The maximum atomic E-state index is 11.4. The van der Waals surface area contributed by atoms with E-state index in [9.17, 15) is 8.42 Å². The Morgan fingerprint density at radius 3 is 2.38 bits per heavy atom.